The minimum absolute atomic E-state index is 0. The van der Waals surface area contributed by atoms with Crippen LogP contribution in [0, 0.1) is 5.41 Å². The van der Waals surface area contributed by atoms with Gasteiger partial charge in [-0.05, 0) is 36.5 Å². The van der Waals surface area contributed by atoms with Crippen molar-refractivity contribution in [2.24, 2.45) is 0 Å². The van der Waals surface area contributed by atoms with Gasteiger partial charge in [-0.15, -0.1) is 12.4 Å². The van der Waals surface area contributed by atoms with Gasteiger partial charge in [0, 0.05) is 17.6 Å². The molecule has 1 aliphatic carbocycles. The van der Waals surface area contributed by atoms with Crippen molar-refractivity contribution in [2.75, 3.05) is 0 Å². The van der Waals surface area contributed by atoms with E-state index in [0.717, 1.165) is 30.1 Å². The molecule has 1 aromatic heterocycles. The van der Waals surface area contributed by atoms with Crippen LogP contribution in [0.3, 0.4) is 0 Å². The van der Waals surface area contributed by atoms with Gasteiger partial charge in [-0.25, -0.2) is 0 Å². The molecule has 0 bridgehead atoms. The van der Waals surface area contributed by atoms with E-state index in [4.69, 9.17) is 5.41 Å². The minimum Gasteiger partial charge on any atom is -0.340 e. The summed E-state index contributed by atoms with van der Waals surface area (Å²) in [4.78, 5) is 0. The Hall–Kier alpha value is -2.06. The van der Waals surface area contributed by atoms with E-state index < -0.39 is 0 Å². The van der Waals surface area contributed by atoms with Crippen molar-refractivity contribution in [2.45, 2.75) is 25.8 Å². The molecule has 3 aromatic rings. The van der Waals surface area contributed by atoms with Crippen molar-refractivity contribution in [3.05, 3.63) is 76.8 Å². The first kappa shape index (κ1) is 14.9. The summed E-state index contributed by atoms with van der Waals surface area (Å²) in [5.41, 5.74) is 5.12. The largest absolute Gasteiger partial charge is 0.340 e. The SMILES string of the molecule is Cl.N=c1c2c(n(Cc3ccccc3)c3ccccc13)CCC2. The summed E-state index contributed by atoms with van der Waals surface area (Å²) in [6.45, 7) is 0.893. The summed E-state index contributed by atoms with van der Waals surface area (Å²) in [5, 5.41) is 10.3. The number of aromatic nitrogens is 1. The maximum atomic E-state index is 8.48. The average molecular weight is 311 g/mol. The van der Waals surface area contributed by atoms with Crippen LogP contribution in [-0.4, -0.2) is 4.57 Å². The second kappa shape index (κ2) is 5.98. The molecule has 1 N–H and O–H groups in total. The third-order valence-electron chi connectivity index (χ3n) is 4.46. The molecule has 0 radical (unpaired) electrons. The predicted molar refractivity (Wildman–Crippen MR) is 92.6 cm³/mol. The van der Waals surface area contributed by atoms with Crippen LogP contribution in [0.15, 0.2) is 54.6 Å². The maximum Gasteiger partial charge on any atom is 0.0682 e. The summed E-state index contributed by atoms with van der Waals surface area (Å²) in [5.74, 6) is 0. The zero-order chi connectivity index (χ0) is 14.2. The van der Waals surface area contributed by atoms with E-state index in [1.165, 1.54) is 28.8 Å². The molecule has 1 heterocycles. The van der Waals surface area contributed by atoms with Crippen molar-refractivity contribution in [3.63, 3.8) is 0 Å². The third-order valence-corrected chi connectivity index (χ3v) is 4.46. The highest BCUT2D eigenvalue weighted by molar-refractivity contribution is 5.85. The number of nitrogens with zero attached hydrogens (tertiary/aromatic N) is 1. The average Bonchev–Trinajstić information content (AvgIpc) is 3.02. The summed E-state index contributed by atoms with van der Waals surface area (Å²) in [6.07, 6.45) is 3.32. The van der Waals surface area contributed by atoms with Crippen LogP contribution in [0.25, 0.3) is 10.9 Å². The molecule has 0 spiro atoms. The van der Waals surface area contributed by atoms with E-state index in [9.17, 15) is 0 Å². The van der Waals surface area contributed by atoms with Crippen molar-refractivity contribution in [1.29, 1.82) is 5.41 Å². The molecule has 0 aliphatic heterocycles. The molecule has 0 unspecified atom stereocenters. The van der Waals surface area contributed by atoms with Crippen molar-refractivity contribution >= 4 is 23.3 Å². The molecule has 112 valence electrons. The fourth-order valence-corrected chi connectivity index (χ4v) is 3.47. The van der Waals surface area contributed by atoms with Crippen LogP contribution in [0.4, 0.5) is 0 Å². The van der Waals surface area contributed by atoms with Crippen LogP contribution in [0.5, 0.6) is 0 Å². The number of halogens is 1. The molecule has 0 atom stereocenters. The van der Waals surface area contributed by atoms with E-state index in [-0.39, 0.29) is 12.4 Å². The number of pyridine rings is 1. The number of hydrogen-bond acceptors (Lipinski definition) is 1. The molecular weight excluding hydrogens is 292 g/mol. The van der Waals surface area contributed by atoms with Crippen LogP contribution >= 0.6 is 12.4 Å². The lowest BCUT2D eigenvalue weighted by Gasteiger charge is -2.17. The van der Waals surface area contributed by atoms with Crippen molar-refractivity contribution in [1.82, 2.24) is 4.57 Å². The Bertz CT molecular complexity index is 866. The number of hydrogen-bond donors (Lipinski definition) is 1. The van der Waals surface area contributed by atoms with E-state index in [1.807, 2.05) is 6.07 Å². The Kier molecular flexibility index (Phi) is 4.04. The van der Waals surface area contributed by atoms with Gasteiger partial charge in [0.05, 0.1) is 10.9 Å². The van der Waals surface area contributed by atoms with Gasteiger partial charge < -0.3 is 4.57 Å². The van der Waals surface area contributed by atoms with Crippen molar-refractivity contribution in [3.8, 4) is 0 Å². The van der Waals surface area contributed by atoms with Crippen LogP contribution < -0.4 is 5.36 Å². The lowest BCUT2D eigenvalue weighted by atomic mass is 10.1. The first-order valence-corrected chi connectivity index (χ1v) is 7.56. The standard InChI is InChI=1S/C19H18N2.ClH/c20-19-15-9-4-5-11-17(15)21(18-12-6-10-16(18)19)13-14-7-2-1-3-8-14;/h1-5,7-9,11,20H,6,10,12-13H2;1H. The smallest absolute Gasteiger partial charge is 0.0682 e. The number of rotatable bonds is 2. The van der Waals surface area contributed by atoms with Gasteiger partial charge >= 0.3 is 0 Å². The first-order valence-electron chi connectivity index (χ1n) is 7.56. The molecule has 1 aliphatic rings. The summed E-state index contributed by atoms with van der Waals surface area (Å²) in [7, 11) is 0. The molecule has 0 fully saturated rings. The van der Waals surface area contributed by atoms with E-state index >= 15 is 0 Å². The third kappa shape index (κ3) is 2.34. The van der Waals surface area contributed by atoms with Gasteiger partial charge in [-0.3, -0.25) is 5.41 Å². The lowest BCUT2D eigenvalue weighted by molar-refractivity contribution is 0.760. The van der Waals surface area contributed by atoms with Gasteiger partial charge in [0.15, 0.2) is 0 Å². The number of benzene rings is 2. The summed E-state index contributed by atoms with van der Waals surface area (Å²) in [6, 6.07) is 18.9. The highest BCUT2D eigenvalue weighted by Crippen LogP contribution is 2.24. The van der Waals surface area contributed by atoms with Crippen LogP contribution in [0.2, 0.25) is 0 Å². The fourth-order valence-electron chi connectivity index (χ4n) is 3.47. The predicted octanol–water partition coefficient (Wildman–Crippen LogP) is 4.08. The lowest BCUT2D eigenvalue weighted by Crippen LogP contribution is -2.17. The van der Waals surface area contributed by atoms with E-state index in [0.29, 0.717) is 0 Å². The quantitative estimate of drug-likeness (QED) is 0.739. The van der Waals surface area contributed by atoms with Crippen LogP contribution in [0.1, 0.15) is 23.2 Å². The molecule has 0 saturated carbocycles. The Morgan fingerprint density at radius 3 is 2.45 bits per heavy atom. The van der Waals surface area contributed by atoms with Gasteiger partial charge in [0.2, 0.25) is 0 Å². The number of nitrogens with one attached hydrogen (secondary N) is 1. The molecule has 2 aromatic carbocycles. The Labute approximate surface area is 136 Å². The van der Waals surface area contributed by atoms with Gasteiger partial charge in [0.25, 0.3) is 0 Å². The molecule has 2 nitrogen and oxygen atoms in total. The van der Waals surface area contributed by atoms with E-state index in [1.54, 1.807) is 0 Å². The number of fused-ring (bicyclic) bond motifs is 2. The molecule has 4 rings (SSSR count). The summed E-state index contributed by atoms with van der Waals surface area (Å²) >= 11 is 0. The maximum absolute atomic E-state index is 8.48. The second-order valence-corrected chi connectivity index (χ2v) is 5.74. The molecule has 22 heavy (non-hydrogen) atoms. The van der Waals surface area contributed by atoms with Gasteiger partial charge in [0.1, 0.15) is 0 Å². The van der Waals surface area contributed by atoms with Gasteiger partial charge in [-0.2, -0.15) is 0 Å². The normalized spacial score (nSPS) is 12.9. The highest BCUT2D eigenvalue weighted by Gasteiger charge is 2.19. The molecule has 0 saturated heterocycles. The fraction of sp³-hybridized carbons (Fsp3) is 0.211. The molecular formula is C19H19ClN2. The molecule has 0 amide bonds. The Morgan fingerprint density at radius 1 is 0.909 bits per heavy atom. The summed E-state index contributed by atoms with van der Waals surface area (Å²) < 4.78 is 2.42. The van der Waals surface area contributed by atoms with E-state index in [2.05, 4.69) is 53.1 Å². The van der Waals surface area contributed by atoms with Crippen molar-refractivity contribution < 1.29 is 0 Å². The Balaban J connectivity index is 0.00000144. The topological polar surface area (TPSA) is 28.8 Å². The monoisotopic (exact) mass is 310 g/mol. The minimum atomic E-state index is 0. The zero-order valence-corrected chi connectivity index (χ0v) is 13.2. The number of para-hydroxylation sites is 1. The van der Waals surface area contributed by atoms with Crippen LogP contribution in [-0.2, 0) is 19.4 Å². The molecule has 3 heteroatoms. The first-order chi connectivity index (χ1) is 10.3. The van der Waals surface area contributed by atoms with Gasteiger partial charge in [-0.1, -0.05) is 48.5 Å². The zero-order valence-electron chi connectivity index (χ0n) is 12.4. The Morgan fingerprint density at radius 2 is 1.64 bits per heavy atom. The highest BCUT2D eigenvalue weighted by atomic mass is 35.5. The second-order valence-electron chi connectivity index (χ2n) is 5.74.